The van der Waals surface area contributed by atoms with Crippen molar-refractivity contribution in [1.29, 1.82) is 0 Å². The number of piperidine rings is 1. The average molecular weight is 346 g/mol. The molecular formula is C19H30N4O2. The fourth-order valence-corrected chi connectivity index (χ4v) is 4.70. The number of rotatable bonds is 3. The number of aromatic nitrogens is 2. The van der Waals surface area contributed by atoms with Gasteiger partial charge in [0.15, 0.2) is 0 Å². The second-order valence-electron chi connectivity index (χ2n) is 7.77. The van der Waals surface area contributed by atoms with Crippen molar-refractivity contribution >= 4 is 11.6 Å². The van der Waals surface area contributed by atoms with Crippen LogP contribution in [0.25, 0.3) is 0 Å². The first-order valence-corrected chi connectivity index (χ1v) is 9.88. The quantitative estimate of drug-likeness (QED) is 0.907. The molecule has 138 valence electrons. The van der Waals surface area contributed by atoms with Crippen LogP contribution in [0.1, 0.15) is 51.4 Å². The van der Waals surface area contributed by atoms with Crippen LogP contribution in [0.15, 0.2) is 12.4 Å². The number of aliphatic hydroxyl groups is 1. The van der Waals surface area contributed by atoms with E-state index >= 15 is 0 Å². The van der Waals surface area contributed by atoms with Crippen LogP contribution >= 0.6 is 0 Å². The predicted molar refractivity (Wildman–Crippen MR) is 98.1 cm³/mol. The third-order valence-electron chi connectivity index (χ3n) is 6.11. The monoisotopic (exact) mass is 346 g/mol. The van der Waals surface area contributed by atoms with E-state index < -0.39 is 0 Å². The first-order chi connectivity index (χ1) is 12.3. The molecule has 4 rings (SSSR count). The molecule has 3 fully saturated rings. The standard InChI is InChI=1S/C19H30N4O2/c24-13-16-6-2-5-9-23(16)18-12-17(20-15-21-18)22-10-11-25-19(14-22)7-3-1-4-8-19/h12,15-16,24H,1-11,13-14H2. The minimum Gasteiger partial charge on any atom is -0.394 e. The number of anilines is 2. The Labute approximate surface area is 150 Å². The van der Waals surface area contributed by atoms with E-state index in [2.05, 4.69) is 25.8 Å². The van der Waals surface area contributed by atoms with Crippen LogP contribution < -0.4 is 9.80 Å². The Kier molecular flexibility index (Phi) is 5.08. The van der Waals surface area contributed by atoms with Gasteiger partial charge in [0.05, 0.1) is 24.9 Å². The van der Waals surface area contributed by atoms with Crippen LogP contribution in [0.4, 0.5) is 11.6 Å². The van der Waals surface area contributed by atoms with Gasteiger partial charge in [-0.05, 0) is 32.1 Å². The van der Waals surface area contributed by atoms with Crippen LogP contribution in [-0.4, -0.2) is 59.6 Å². The van der Waals surface area contributed by atoms with Crippen molar-refractivity contribution in [2.24, 2.45) is 0 Å². The summed E-state index contributed by atoms with van der Waals surface area (Å²) in [5, 5.41) is 9.69. The van der Waals surface area contributed by atoms with E-state index in [1.54, 1.807) is 6.33 Å². The Morgan fingerprint density at radius 1 is 1.08 bits per heavy atom. The minimum absolute atomic E-state index is 0.0281. The summed E-state index contributed by atoms with van der Waals surface area (Å²) >= 11 is 0. The maximum absolute atomic E-state index is 9.69. The number of aliphatic hydroxyl groups excluding tert-OH is 1. The largest absolute Gasteiger partial charge is 0.394 e. The third-order valence-corrected chi connectivity index (χ3v) is 6.11. The van der Waals surface area contributed by atoms with Crippen LogP contribution in [0.5, 0.6) is 0 Å². The summed E-state index contributed by atoms with van der Waals surface area (Å²) in [5.74, 6) is 1.95. The van der Waals surface area contributed by atoms with Crippen LogP contribution in [-0.2, 0) is 4.74 Å². The Morgan fingerprint density at radius 2 is 1.92 bits per heavy atom. The molecule has 3 aliphatic rings. The molecule has 0 amide bonds. The van der Waals surface area contributed by atoms with Crippen molar-refractivity contribution in [3.63, 3.8) is 0 Å². The van der Waals surface area contributed by atoms with Crippen molar-refractivity contribution in [3.05, 3.63) is 12.4 Å². The van der Waals surface area contributed by atoms with Gasteiger partial charge in [-0.2, -0.15) is 0 Å². The van der Waals surface area contributed by atoms with Crippen LogP contribution in [0.3, 0.4) is 0 Å². The zero-order valence-electron chi connectivity index (χ0n) is 15.1. The normalized spacial score (nSPS) is 26.8. The Morgan fingerprint density at radius 3 is 2.76 bits per heavy atom. The van der Waals surface area contributed by atoms with Gasteiger partial charge in [-0.25, -0.2) is 9.97 Å². The Bertz CT molecular complexity index is 571. The minimum atomic E-state index is 0.0281. The highest BCUT2D eigenvalue weighted by Gasteiger charge is 2.38. The summed E-state index contributed by atoms with van der Waals surface area (Å²) in [5.41, 5.74) is 0.0281. The van der Waals surface area contributed by atoms with Gasteiger partial charge in [0.1, 0.15) is 18.0 Å². The molecule has 1 N–H and O–H groups in total. The topological polar surface area (TPSA) is 61.7 Å². The summed E-state index contributed by atoms with van der Waals surface area (Å²) in [7, 11) is 0. The maximum Gasteiger partial charge on any atom is 0.134 e. The summed E-state index contributed by atoms with van der Waals surface area (Å²) < 4.78 is 6.21. The molecule has 1 unspecified atom stereocenters. The highest BCUT2D eigenvalue weighted by atomic mass is 16.5. The second kappa shape index (κ2) is 7.46. The lowest BCUT2D eigenvalue weighted by Crippen LogP contribution is -2.53. The number of ether oxygens (including phenoxy) is 1. The highest BCUT2D eigenvalue weighted by molar-refractivity contribution is 5.51. The smallest absolute Gasteiger partial charge is 0.134 e. The molecule has 1 aromatic rings. The molecule has 1 aromatic heterocycles. The summed E-state index contributed by atoms with van der Waals surface area (Å²) in [6, 6.07) is 2.29. The summed E-state index contributed by atoms with van der Waals surface area (Å²) in [6.07, 6.45) is 11.3. The zero-order valence-corrected chi connectivity index (χ0v) is 15.1. The van der Waals surface area contributed by atoms with E-state index in [0.717, 1.165) is 50.7 Å². The SMILES string of the molecule is OCC1CCCCN1c1cc(N2CCOC3(CCCCC3)C2)ncn1. The molecule has 1 aliphatic carbocycles. The molecule has 0 radical (unpaired) electrons. The van der Waals surface area contributed by atoms with Gasteiger partial charge >= 0.3 is 0 Å². The van der Waals surface area contributed by atoms with Crippen molar-refractivity contribution < 1.29 is 9.84 Å². The lowest BCUT2D eigenvalue weighted by molar-refractivity contribution is -0.0783. The lowest BCUT2D eigenvalue weighted by Gasteiger charge is -2.45. The van der Waals surface area contributed by atoms with Crippen LogP contribution in [0.2, 0.25) is 0 Å². The lowest BCUT2D eigenvalue weighted by atomic mass is 9.83. The molecule has 1 saturated carbocycles. The van der Waals surface area contributed by atoms with E-state index in [1.807, 2.05) is 0 Å². The zero-order chi connectivity index (χ0) is 17.1. The van der Waals surface area contributed by atoms with Gasteiger partial charge in [-0.1, -0.05) is 19.3 Å². The van der Waals surface area contributed by atoms with E-state index in [4.69, 9.17) is 4.74 Å². The molecule has 0 aromatic carbocycles. The molecule has 0 bridgehead atoms. The van der Waals surface area contributed by atoms with E-state index in [-0.39, 0.29) is 18.2 Å². The predicted octanol–water partition coefficient (Wildman–Crippen LogP) is 2.37. The first-order valence-electron chi connectivity index (χ1n) is 9.88. The molecule has 6 nitrogen and oxygen atoms in total. The molecule has 3 heterocycles. The van der Waals surface area contributed by atoms with Gasteiger partial charge in [0.25, 0.3) is 0 Å². The molecule has 2 saturated heterocycles. The Hall–Kier alpha value is -1.40. The van der Waals surface area contributed by atoms with Gasteiger partial charge in [-0.3, -0.25) is 0 Å². The molecule has 6 heteroatoms. The average Bonchev–Trinajstić information content (AvgIpc) is 2.69. The van der Waals surface area contributed by atoms with Crippen molar-refractivity contribution in [2.45, 2.75) is 63.0 Å². The first kappa shape index (κ1) is 17.0. The van der Waals surface area contributed by atoms with Crippen LogP contribution in [0, 0.1) is 0 Å². The van der Waals surface area contributed by atoms with Gasteiger partial charge < -0.3 is 19.6 Å². The molecular weight excluding hydrogens is 316 g/mol. The van der Waals surface area contributed by atoms with Gasteiger partial charge in [0, 0.05) is 25.7 Å². The fourth-order valence-electron chi connectivity index (χ4n) is 4.70. The Balaban J connectivity index is 1.52. The summed E-state index contributed by atoms with van der Waals surface area (Å²) in [4.78, 5) is 13.7. The van der Waals surface area contributed by atoms with E-state index in [0.29, 0.717) is 0 Å². The van der Waals surface area contributed by atoms with Gasteiger partial charge in [0.2, 0.25) is 0 Å². The highest BCUT2D eigenvalue weighted by Crippen LogP contribution is 2.36. The summed E-state index contributed by atoms with van der Waals surface area (Å²) in [6.45, 7) is 3.77. The van der Waals surface area contributed by atoms with Crippen molar-refractivity contribution in [2.75, 3.05) is 42.6 Å². The number of hydrogen-bond acceptors (Lipinski definition) is 6. The van der Waals surface area contributed by atoms with Crippen molar-refractivity contribution in [1.82, 2.24) is 9.97 Å². The number of nitrogens with zero attached hydrogens (tertiary/aromatic N) is 4. The molecule has 1 atom stereocenters. The molecule has 25 heavy (non-hydrogen) atoms. The maximum atomic E-state index is 9.69. The fraction of sp³-hybridized carbons (Fsp3) is 0.789. The number of hydrogen-bond donors (Lipinski definition) is 1. The molecule has 2 aliphatic heterocycles. The number of morpholine rings is 1. The van der Waals surface area contributed by atoms with Crippen molar-refractivity contribution in [3.8, 4) is 0 Å². The third kappa shape index (κ3) is 3.60. The second-order valence-corrected chi connectivity index (χ2v) is 7.77. The van der Waals surface area contributed by atoms with E-state index in [9.17, 15) is 5.11 Å². The molecule has 1 spiro atoms. The van der Waals surface area contributed by atoms with E-state index in [1.165, 1.54) is 38.5 Å². The van der Waals surface area contributed by atoms with Gasteiger partial charge in [-0.15, -0.1) is 0 Å².